The van der Waals surface area contributed by atoms with Crippen LogP contribution in [0.25, 0.3) is 0 Å². The van der Waals surface area contributed by atoms with Crippen LogP contribution in [0.3, 0.4) is 0 Å². The van der Waals surface area contributed by atoms with Crippen molar-refractivity contribution in [3.8, 4) is 11.5 Å². The molecule has 0 aliphatic heterocycles. The van der Waals surface area contributed by atoms with Gasteiger partial charge in [-0.15, -0.1) is 0 Å². The normalized spacial score (nSPS) is 25.4. The molecule has 2 aliphatic carbocycles. The smallest absolute Gasteiger partial charge is 0.416 e. The Kier molecular flexibility index (Phi) is 5.95. The Labute approximate surface area is 200 Å². The molecular weight excluding hydrogens is 471 g/mol. The average Bonchev–Trinajstić information content (AvgIpc) is 3.07. The number of phenols is 2. The quantitative estimate of drug-likeness (QED) is 0.398. The van der Waals surface area contributed by atoms with E-state index >= 15 is 0 Å². The molecule has 2 aromatic rings. The molecule has 3 N–H and O–H groups in total. The molecule has 184 valence electrons. The fraction of sp³-hybridized carbons (Fsp3) is 0.480. The first-order valence-electron chi connectivity index (χ1n) is 11.1. The van der Waals surface area contributed by atoms with Gasteiger partial charge in [-0.25, -0.2) is 4.79 Å². The molecule has 2 saturated carbocycles. The zero-order valence-electron chi connectivity index (χ0n) is 19.1. The summed E-state index contributed by atoms with van der Waals surface area (Å²) in [6.07, 6.45) is -1.92. The van der Waals surface area contributed by atoms with E-state index in [0.717, 1.165) is 25.3 Å². The van der Waals surface area contributed by atoms with E-state index in [4.69, 9.17) is 16.3 Å². The Morgan fingerprint density at radius 2 is 1.91 bits per heavy atom. The fourth-order valence-electron chi connectivity index (χ4n) is 5.47. The van der Waals surface area contributed by atoms with Gasteiger partial charge in [0.15, 0.2) is 0 Å². The summed E-state index contributed by atoms with van der Waals surface area (Å²) < 4.78 is 44.9. The summed E-state index contributed by atoms with van der Waals surface area (Å²) in [7, 11) is 0. The molecule has 4 rings (SSSR count). The number of esters is 1. The molecule has 0 radical (unpaired) electrons. The Morgan fingerprint density at radius 3 is 2.47 bits per heavy atom. The van der Waals surface area contributed by atoms with Gasteiger partial charge in [0.05, 0.1) is 10.6 Å². The lowest BCUT2D eigenvalue weighted by Crippen LogP contribution is -2.38. The van der Waals surface area contributed by atoms with Gasteiger partial charge in [-0.05, 0) is 54.9 Å². The zero-order valence-corrected chi connectivity index (χ0v) is 19.8. The second-order valence-corrected chi connectivity index (χ2v) is 10.5. The van der Waals surface area contributed by atoms with E-state index in [9.17, 15) is 28.2 Å². The minimum Gasteiger partial charge on any atom is -0.507 e. The van der Waals surface area contributed by atoms with Crippen molar-refractivity contribution in [3.05, 3.63) is 52.0 Å². The third-order valence-corrected chi connectivity index (χ3v) is 8.42. The van der Waals surface area contributed by atoms with Crippen molar-refractivity contribution in [1.82, 2.24) is 0 Å². The molecule has 34 heavy (non-hydrogen) atoms. The number of rotatable bonds is 5. The summed E-state index contributed by atoms with van der Waals surface area (Å²) in [5, 5.41) is 22.9. The van der Waals surface area contributed by atoms with Gasteiger partial charge in [0, 0.05) is 29.3 Å². The highest BCUT2D eigenvalue weighted by Gasteiger charge is 2.62. The number of carbonyl (C=O) groups is 1. The second kappa shape index (κ2) is 8.26. The summed E-state index contributed by atoms with van der Waals surface area (Å²) in [5.41, 5.74) is -0.722. The van der Waals surface area contributed by atoms with E-state index in [2.05, 4.69) is 26.1 Å². The lowest BCUT2D eigenvalue weighted by atomic mass is 9.70. The number of ether oxygens (including phenoxy) is 1. The van der Waals surface area contributed by atoms with Crippen LogP contribution in [0.1, 0.15) is 61.5 Å². The summed E-state index contributed by atoms with van der Waals surface area (Å²) >= 11 is 5.74. The number of hydrogen-bond donors (Lipinski definition) is 3. The maximum atomic E-state index is 13.0. The molecule has 2 aliphatic rings. The van der Waals surface area contributed by atoms with Crippen molar-refractivity contribution < 1.29 is 32.9 Å². The van der Waals surface area contributed by atoms with Crippen LogP contribution in [0.5, 0.6) is 11.5 Å². The van der Waals surface area contributed by atoms with Crippen LogP contribution in [-0.2, 0) is 17.5 Å². The molecule has 3 atom stereocenters. The molecular formula is C25H27ClF3NO4. The monoisotopic (exact) mass is 497 g/mol. The predicted molar refractivity (Wildman–Crippen MR) is 122 cm³/mol. The van der Waals surface area contributed by atoms with E-state index in [-0.39, 0.29) is 40.4 Å². The number of benzene rings is 2. The van der Waals surface area contributed by atoms with Gasteiger partial charge in [0.1, 0.15) is 23.2 Å². The van der Waals surface area contributed by atoms with Gasteiger partial charge < -0.3 is 20.3 Å². The van der Waals surface area contributed by atoms with Gasteiger partial charge in [0.2, 0.25) is 0 Å². The van der Waals surface area contributed by atoms with Gasteiger partial charge in [0.25, 0.3) is 0 Å². The van der Waals surface area contributed by atoms with Crippen LogP contribution < -0.4 is 5.32 Å². The topological polar surface area (TPSA) is 78.8 Å². The first-order chi connectivity index (χ1) is 15.7. The zero-order chi connectivity index (χ0) is 25.1. The van der Waals surface area contributed by atoms with Crippen LogP contribution in [-0.4, -0.2) is 22.3 Å². The predicted octanol–water partition coefficient (Wildman–Crippen LogP) is 6.75. The fourth-order valence-corrected chi connectivity index (χ4v) is 5.71. The summed E-state index contributed by atoms with van der Waals surface area (Å²) in [4.78, 5) is 12.8. The van der Waals surface area contributed by atoms with Crippen molar-refractivity contribution in [3.63, 3.8) is 0 Å². The molecule has 3 unspecified atom stereocenters. The van der Waals surface area contributed by atoms with E-state index in [1.165, 1.54) is 18.2 Å². The van der Waals surface area contributed by atoms with Crippen molar-refractivity contribution in [1.29, 1.82) is 0 Å². The third-order valence-electron chi connectivity index (χ3n) is 8.13. The van der Waals surface area contributed by atoms with Crippen LogP contribution >= 0.6 is 11.6 Å². The molecule has 0 heterocycles. The number of anilines is 1. The van der Waals surface area contributed by atoms with Crippen molar-refractivity contribution >= 4 is 23.3 Å². The molecule has 0 aromatic heterocycles. The van der Waals surface area contributed by atoms with Crippen molar-refractivity contribution in [2.45, 2.75) is 58.9 Å². The Bertz CT molecular complexity index is 1130. The van der Waals surface area contributed by atoms with Crippen LogP contribution in [0.2, 0.25) is 5.02 Å². The number of phenolic OH excluding ortho intramolecular Hbond substituents is 2. The van der Waals surface area contributed by atoms with E-state index < -0.39 is 28.5 Å². The lowest BCUT2D eigenvalue weighted by molar-refractivity contribution is -0.137. The average molecular weight is 498 g/mol. The van der Waals surface area contributed by atoms with E-state index in [1.54, 1.807) is 0 Å². The van der Waals surface area contributed by atoms with Crippen molar-refractivity contribution in [2.24, 2.45) is 16.7 Å². The van der Waals surface area contributed by atoms with Gasteiger partial charge in [-0.2, -0.15) is 13.2 Å². The Balaban J connectivity index is 1.45. The van der Waals surface area contributed by atoms with E-state index in [1.807, 2.05) is 0 Å². The molecule has 2 bridgehead atoms. The first kappa shape index (κ1) is 24.5. The molecule has 0 spiro atoms. The minimum atomic E-state index is -4.61. The molecule has 0 saturated heterocycles. The highest BCUT2D eigenvalue weighted by Crippen LogP contribution is 2.66. The minimum absolute atomic E-state index is 0.0136. The molecule has 2 aromatic carbocycles. The number of hydrogen-bond acceptors (Lipinski definition) is 5. The Morgan fingerprint density at radius 1 is 1.21 bits per heavy atom. The molecule has 0 amide bonds. The molecule has 9 heteroatoms. The number of aromatic hydroxyl groups is 2. The number of nitrogens with one attached hydrogen (secondary N) is 1. The molecule has 5 nitrogen and oxygen atoms in total. The van der Waals surface area contributed by atoms with Gasteiger partial charge in [-0.3, -0.25) is 0 Å². The SMILES string of the molecule is CC1(C)C2CCC1(C)C(OC(=O)c1ccc(NCc3cc(C(F)(F)F)cc(Cl)c3O)cc1O)C2. The van der Waals surface area contributed by atoms with Crippen molar-refractivity contribution in [2.75, 3.05) is 5.32 Å². The highest BCUT2D eigenvalue weighted by molar-refractivity contribution is 6.32. The van der Waals surface area contributed by atoms with E-state index in [0.29, 0.717) is 17.7 Å². The molecule has 2 fully saturated rings. The summed E-state index contributed by atoms with van der Waals surface area (Å²) in [6.45, 7) is 6.40. The standard InChI is InChI=1S/C25H27ClF3NO4/c1-23(2)14-6-7-24(23,3)20(10-14)34-22(33)17-5-4-16(11-19(17)31)30-12-13-8-15(25(27,28)29)9-18(26)21(13)32/h4-5,8-9,11,14,20,30-32H,6-7,10,12H2,1-3H3. The largest absolute Gasteiger partial charge is 0.507 e. The number of halogens is 4. The summed E-state index contributed by atoms with van der Waals surface area (Å²) in [6, 6.07) is 5.66. The van der Waals surface area contributed by atoms with Gasteiger partial charge >= 0.3 is 12.1 Å². The number of carbonyl (C=O) groups excluding carboxylic acids is 1. The lowest BCUT2D eigenvalue weighted by Gasteiger charge is -2.38. The third kappa shape index (κ3) is 4.06. The second-order valence-electron chi connectivity index (χ2n) is 10.1. The Hall–Kier alpha value is -2.61. The number of fused-ring (bicyclic) bond motifs is 2. The summed E-state index contributed by atoms with van der Waals surface area (Å²) in [5.74, 6) is -0.889. The van der Waals surface area contributed by atoms with Crippen LogP contribution in [0.4, 0.5) is 18.9 Å². The van der Waals surface area contributed by atoms with Gasteiger partial charge in [-0.1, -0.05) is 32.4 Å². The maximum absolute atomic E-state index is 13.0. The van der Waals surface area contributed by atoms with Crippen LogP contribution in [0, 0.1) is 16.7 Å². The highest BCUT2D eigenvalue weighted by atomic mass is 35.5. The van der Waals surface area contributed by atoms with Crippen LogP contribution in [0.15, 0.2) is 30.3 Å². The number of alkyl halides is 3. The maximum Gasteiger partial charge on any atom is 0.416 e. The first-order valence-corrected chi connectivity index (χ1v) is 11.5.